The topological polar surface area (TPSA) is 37.3 Å². The van der Waals surface area contributed by atoms with Gasteiger partial charge in [-0.2, -0.15) is 0 Å². The summed E-state index contributed by atoms with van der Waals surface area (Å²) >= 11 is 3.91. The van der Waals surface area contributed by atoms with Crippen molar-refractivity contribution in [3.8, 4) is 0 Å². The van der Waals surface area contributed by atoms with Gasteiger partial charge in [0.1, 0.15) is 0 Å². The van der Waals surface area contributed by atoms with Crippen LogP contribution in [0.5, 0.6) is 0 Å². The van der Waals surface area contributed by atoms with Crippen molar-refractivity contribution in [1.29, 1.82) is 0 Å². The van der Waals surface area contributed by atoms with Crippen LogP contribution in [0, 0.1) is 0 Å². The first-order valence-corrected chi connectivity index (χ1v) is 7.20. The largest absolute Gasteiger partial charge is 0.302 e. The average Bonchev–Trinajstić information content (AvgIpc) is 2.33. The van der Waals surface area contributed by atoms with E-state index in [-0.39, 0.29) is 0 Å². The molecule has 1 N–H and O–H groups in total. The molecular weight excluding hydrogens is 272 g/mol. The summed E-state index contributed by atoms with van der Waals surface area (Å²) in [7, 11) is 0. The minimum atomic E-state index is -1.95. The molecule has 0 radical (unpaired) electrons. The van der Waals surface area contributed by atoms with E-state index in [1.807, 2.05) is 30.3 Å². The minimum Gasteiger partial charge on any atom is -0.302 e. The highest BCUT2D eigenvalue weighted by Crippen LogP contribution is 2.33. The van der Waals surface area contributed by atoms with Gasteiger partial charge in [0.05, 0.1) is 4.90 Å². The maximum Gasteiger partial charge on any atom is 0.186 e. The van der Waals surface area contributed by atoms with E-state index in [9.17, 15) is 4.21 Å². The van der Waals surface area contributed by atoms with Gasteiger partial charge in [-0.25, -0.2) is 4.21 Å². The van der Waals surface area contributed by atoms with Crippen molar-refractivity contribution in [3.63, 3.8) is 0 Å². The van der Waals surface area contributed by atoms with Gasteiger partial charge in [0.2, 0.25) is 0 Å². The Morgan fingerprint density at radius 3 is 2.47 bits per heavy atom. The number of hydrogen-bond donors (Lipinski definition) is 2. The lowest BCUT2D eigenvalue weighted by Crippen LogP contribution is -1.89. The summed E-state index contributed by atoms with van der Waals surface area (Å²) < 4.78 is 20.0. The molecule has 2 aromatic carbocycles. The highest BCUT2D eigenvalue weighted by atomic mass is 32.2. The Kier molecular flexibility index (Phi) is 4.28. The van der Waals surface area contributed by atoms with Crippen molar-refractivity contribution < 1.29 is 8.76 Å². The van der Waals surface area contributed by atoms with E-state index in [0.29, 0.717) is 4.90 Å². The van der Waals surface area contributed by atoms with Gasteiger partial charge in [-0.15, -0.1) is 12.6 Å². The molecule has 5 heteroatoms. The van der Waals surface area contributed by atoms with E-state index in [1.165, 1.54) is 11.8 Å². The quantitative estimate of drug-likeness (QED) is 0.665. The molecule has 0 bridgehead atoms. The molecule has 0 aliphatic heterocycles. The Balaban J connectivity index is 2.32. The van der Waals surface area contributed by atoms with Crippen molar-refractivity contribution in [2.45, 2.75) is 19.6 Å². The van der Waals surface area contributed by atoms with Crippen LogP contribution in [0.4, 0.5) is 0 Å². The lowest BCUT2D eigenvalue weighted by Gasteiger charge is -2.06. The normalized spacial score (nSPS) is 12.4. The molecule has 1 unspecified atom stereocenters. The fraction of sp³-hybridized carbons (Fsp3) is 0. The van der Waals surface area contributed by atoms with Crippen LogP contribution in [-0.4, -0.2) is 8.76 Å². The van der Waals surface area contributed by atoms with Crippen molar-refractivity contribution in [3.05, 3.63) is 48.5 Å². The van der Waals surface area contributed by atoms with Crippen LogP contribution in [-0.2, 0) is 11.1 Å². The van der Waals surface area contributed by atoms with E-state index >= 15 is 0 Å². The lowest BCUT2D eigenvalue weighted by molar-refractivity contribution is 0.564. The van der Waals surface area contributed by atoms with Gasteiger partial charge in [0.25, 0.3) is 0 Å². The Hall–Kier alpha value is -0.750. The molecule has 0 aliphatic rings. The maximum absolute atomic E-state index is 11.0. The molecular formula is C12H10O2S3. The first kappa shape index (κ1) is 12.7. The minimum absolute atomic E-state index is 0.390. The smallest absolute Gasteiger partial charge is 0.186 e. The van der Waals surface area contributed by atoms with Crippen LogP contribution in [0.25, 0.3) is 0 Å². The molecule has 0 aromatic heterocycles. The molecule has 17 heavy (non-hydrogen) atoms. The molecule has 0 heterocycles. The molecule has 1 atom stereocenters. The van der Waals surface area contributed by atoms with Gasteiger partial charge < -0.3 is 4.55 Å². The molecule has 0 aliphatic carbocycles. The number of hydrogen-bond acceptors (Lipinski definition) is 3. The van der Waals surface area contributed by atoms with Gasteiger partial charge >= 0.3 is 0 Å². The molecule has 0 saturated heterocycles. The summed E-state index contributed by atoms with van der Waals surface area (Å²) in [6, 6.07) is 14.9. The third-order valence-electron chi connectivity index (χ3n) is 2.10. The van der Waals surface area contributed by atoms with Gasteiger partial charge in [-0.3, -0.25) is 0 Å². The van der Waals surface area contributed by atoms with Gasteiger partial charge in [0, 0.05) is 14.7 Å². The van der Waals surface area contributed by atoms with E-state index in [4.69, 9.17) is 4.55 Å². The van der Waals surface area contributed by atoms with E-state index in [1.54, 1.807) is 18.2 Å². The van der Waals surface area contributed by atoms with Crippen molar-refractivity contribution in [2.24, 2.45) is 0 Å². The fourth-order valence-corrected chi connectivity index (χ4v) is 2.96. The van der Waals surface area contributed by atoms with E-state index < -0.39 is 11.1 Å². The molecule has 2 aromatic rings. The zero-order valence-electron chi connectivity index (χ0n) is 8.74. The van der Waals surface area contributed by atoms with Crippen LogP contribution in [0.3, 0.4) is 0 Å². The molecule has 88 valence electrons. The first-order valence-electron chi connectivity index (χ1n) is 4.83. The van der Waals surface area contributed by atoms with Crippen molar-refractivity contribution in [2.75, 3.05) is 0 Å². The Morgan fingerprint density at radius 1 is 1.12 bits per heavy atom. The Labute approximate surface area is 112 Å². The highest BCUT2D eigenvalue weighted by molar-refractivity contribution is 7.99. The monoisotopic (exact) mass is 282 g/mol. The number of thiol groups is 1. The predicted molar refractivity (Wildman–Crippen MR) is 73.3 cm³/mol. The summed E-state index contributed by atoms with van der Waals surface area (Å²) in [5.41, 5.74) is 0. The maximum atomic E-state index is 11.0. The molecule has 0 fully saturated rings. The van der Waals surface area contributed by atoms with Crippen LogP contribution in [0.1, 0.15) is 0 Å². The standard InChI is InChI=1S/C12H10O2S3/c13-17(14)10-6-7-11(15)12(8-10)16-9-4-2-1-3-5-9/h1-8,15H,(H,13,14). The fourth-order valence-electron chi connectivity index (χ4n) is 1.30. The van der Waals surface area contributed by atoms with Crippen molar-refractivity contribution in [1.82, 2.24) is 0 Å². The average molecular weight is 282 g/mol. The Morgan fingerprint density at radius 2 is 1.82 bits per heavy atom. The molecule has 2 nitrogen and oxygen atoms in total. The highest BCUT2D eigenvalue weighted by Gasteiger charge is 2.06. The summed E-state index contributed by atoms with van der Waals surface area (Å²) in [6.45, 7) is 0. The zero-order chi connectivity index (χ0) is 12.3. The predicted octanol–water partition coefficient (Wildman–Crippen LogP) is 3.71. The lowest BCUT2D eigenvalue weighted by atomic mass is 10.4. The van der Waals surface area contributed by atoms with Crippen LogP contribution in [0.2, 0.25) is 0 Å². The van der Waals surface area contributed by atoms with E-state index in [2.05, 4.69) is 12.6 Å². The summed E-state index contributed by atoms with van der Waals surface area (Å²) in [5, 5.41) is 0. The molecule has 2 rings (SSSR count). The first-order chi connectivity index (χ1) is 8.16. The second-order valence-electron chi connectivity index (χ2n) is 3.29. The van der Waals surface area contributed by atoms with Gasteiger partial charge in [0.15, 0.2) is 11.1 Å². The van der Waals surface area contributed by atoms with Crippen molar-refractivity contribution >= 4 is 35.5 Å². The zero-order valence-corrected chi connectivity index (χ0v) is 11.3. The van der Waals surface area contributed by atoms with Gasteiger partial charge in [-0.05, 0) is 30.3 Å². The molecule has 0 spiro atoms. The van der Waals surface area contributed by atoms with Crippen LogP contribution in [0.15, 0.2) is 68.1 Å². The summed E-state index contributed by atoms with van der Waals surface area (Å²) in [5.74, 6) is 0. The molecule has 0 saturated carbocycles. The second-order valence-corrected chi connectivity index (χ2v) is 5.86. The van der Waals surface area contributed by atoms with E-state index in [0.717, 1.165) is 14.7 Å². The number of benzene rings is 2. The third kappa shape index (κ3) is 3.35. The van der Waals surface area contributed by atoms with Crippen LogP contribution >= 0.6 is 24.4 Å². The third-order valence-corrected chi connectivity index (χ3v) is 4.37. The number of rotatable bonds is 3. The SMILES string of the molecule is O=S(O)c1ccc(S)c(Sc2ccccc2)c1. The summed E-state index contributed by atoms with van der Waals surface area (Å²) in [4.78, 5) is 3.14. The second kappa shape index (κ2) is 5.73. The molecule has 0 amide bonds. The summed E-state index contributed by atoms with van der Waals surface area (Å²) in [6.07, 6.45) is 0. The Bertz CT molecular complexity index is 541. The van der Waals surface area contributed by atoms with Gasteiger partial charge in [-0.1, -0.05) is 30.0 Å². The van der Waals surface area contributed by atoms with Crippen LogP contribution < -0.4 is 0 Å².